The molecule has 0 atom stereocenters. The van der Waals surface area contributed by atoms with Gasteiger partial charge in [-0.05, 0) is 31.2 Å². The molecular formula is C17H12ClF4N3O. The van der Waals surface area contributed by atoms with E-state index in [-0.39, 0.29) is 28.4 Å². The predicted molar refractivity (Wildman–Crippen MR) is 88.1 cm³/mol. The summed E-state index contributed by atoms with van der Waals surface area (Å²) < 4.78 is 52.8. The van der Waals surface area contributed by atoms with E-state index in [1.807, 2.05) is 0 Å². The Morgan fingerprint density at radius 2 is 1.92 bits per heavy atom. The number of benzene rings is 1. The maximum atomic E-state index is 14.0. The van der Waals surface area contributed by atoms with E-state index in [9.17, 15) is 22.4 Å². The Morgan fingerprint density at radius 1 is 1.19 bits per heavy atom. The largest absolute Gasteiger partial charge is 0.417 e. The van der Waals surface area contributed by atoms with Crippen LogP contribution in [0.2, 0.25) is 5.02 Å². The van der Waals surface area contributed by atoms with Gasteiger partial charge in [-0.1, -0.05) is 17.7 Å². The first kappa shape index (κ1) is 18.2. The van der Waals surface area contributed by atoms with Crippen LogP contribution in [-0.2, 0) is 12.6 Å². The molecule has 0 saturated heterocycles. The number of rotatable bonds is 3. The smallest absolute Gasteiger partial charge is 0.294 e. The van der Waals surface area contributed by atoms with E-state index in [1.165, 1.54) is 18.2 Å². The van der Waals surface area contributed by atoms with Gasteiger partial charge < -0.3 is 0 Å². The molecule has 136 valence electrons. The van der Waals surface area contributed by atoms with Gasteiger partial charge >= 0.3 is 6.18 Å². The molecule has 2 aromatic heterocycles. The van der Waals surface area contributed by atoms with Crippen molar-refractivity contribution in [1.29, 1.82) is 0 Å². The topological polar surface area (TPSA) is 50.7 Å². The number of pyridine rings is 1. The number of halogens is 5. The van der Waals surface area contributed by atoms with Gasteiger partial charge in [-0.25, -0.2) is 14.1 Å². The summed E-state index contributed by atoms with van der Waals surface area (Å²) in [6, 6.07) is 6.12. The molecule has 0 saturated carbocycles. The van der Waals surface area contributed by atoms with Crippen molar-refractivity contribution in [2.24, 2.45) is 0 Å². The molecule has 0 aliphatic rings. The Labute approximate surface area is 150 Å². The summed E-state index contributed by atoms with van der Waals surface area (Å²) in [5.41, 5.74) is -0.597. The van der Waals surface area contributed by atoms with Crippen molar-refractivity contribution >= 4 is 11.6 Å². The molecule has 3 aromatic rings. The number of alkyl halides is 3. The minimum absolute atomic E-state index is 0.00280. The van der Waals surface area contributed by atoms with E-state index in [0.717, 1.165) is 16.8 Å². The van der Waals surface area contributed by atoms with E-state index in [4.69, 9.17) is 11.6 Å². The molecule has 1 aromatic carbocycles. The number of nitrogens with one attached hydrogen (secondary N) is 1. The van der Waals surface area contributed by atoms with Crippen LogP contribution in [-0.4, -0.2) is 14.8 Å². The number of aryl methyl sites for hydroxylation is 1. The zero-order valence-electron chi connectivity index (χ0n) is 13.4. The number of aromatic nitrogens is 3. The molecule has 26 heavy (non-hydrogen) atoms. The van der Waals surface area contributed by atoms with Crippen LogP contribution in [0.1, 0.15) is 22.4 Å². The first-order chi connectivity index (χ1) is 12.2. The number of hydrogen-bond acceptors (Lipinski definition) is 2. The Morgan fingerprint density at radius 3 is 2.50 bits per heavy atom. The predicted octanol–water partition coefficient (Wildman–Crippen LogP) is 4.27. The molecule has 9 heteroatoms. The molecular weight excluding hydrogens is 374 g/mol. The lowest BCUT2D eigenvalue weighted by molar-refractivity contribution is -0.137. The Kier molecular flexibility index (Phi) is 4.62. The SMILES string of the molecule is Cc1[nH]n(-c2ccc(C(F)(F)F)cn2)c(=O)c1Cc1c(F)cccc1Cl. The highest BCUT2D eigenvalue weighted by Gasteiger charge is 2.30. The van der Waals surface area contributed by atoms with Crippen molar-refractivity contribution in [2.45, 2.75) is 19.5 Å². The summed E-state index contributed by atoms with van der Waals surface area (Å²) in [5.74, 6) is -0.548. The standard InChI is InChI=1S/C17H12ClF4N3O/c1-9-11(7-12-13(18)3-2-4-14(12)19)16(26)25(24-9)15-6-5-10(8-23-15)17(20,21)22/h2-6,8,24H,7H2,1H3. The van der Waals surface area contributed by atoms with Gasteiger partial charge in [0.1, 0.15) is 5.82 Å². The second-order valence-electron chi connectivity index (χ2n) is 5.64. The average molecular weight is 386 g/mol. The summed E-state index contributed by atoms with van der Waals surface area (Å²) >= 11 is 5.99. The first-order valence-corrected chi connectivity index (χ1v) is 7.83. The third-order valence-corrected chi connectivity index (χ3v) is 4.27. The van der Waals surface area contributed by atoms with E-state index in [0.29, 0.717) is 11.9 Å². The van der Waals surface area contributed by atoms with Gasteiger partial charge in [-0.15, -0.1) is 0 Å². The molecule has 4 nitrogen and oxygen atoms in total. The third kappa shape index (κ3) is 3.37. The van der Waals surface area contributed by atoms with Gasteiger partial charge in [0.05, 0.1) is 5.56 Å². The minimum atomic E-state index is -4.52. The summed E-state index contributed by atoms with van der Waals surface area (Å²) in [4.78, 5) is 16.3. The molecule has 0 aliphatic carbocycles. The van der Waals surface area contributed by atoms with E-state index in [2.05, 4.69) is 10.1 Å². The fourth-order valence-corrected chi connectivity index (χ4v) is 2.74. The summed E-state index contributed by atoms with van der Waals surface area (Å²) in [5, 5.41) is 2.93. The summed E-state index contributed by atoms with van der Waals surface area (Å²) in [6.07, 6.45) is -3.93. The molecule has 2 heterocycles. The van der Waals surface area contributed by atoms with Gasteiger partial charge in [0.25, 0.3) is 5.56 Å². The first-order valence-electron chi connectivity index (χ1n) is 7.45. The third-order valence-electron chi connectivity index (χ3n) is 3.91. The highest BCUT2D eigenvalue weighted by atomic mass is 35.5. The van der Waals surface area contributed by atoms with Gasteiger partial charge in [0.2, 0.25) is 0 Å². The lowest BCUT2D eigenvalue weighted by Crippen LogP contribution is -2.19. The monoisotopic (exact) mass is 385 g/mol. The van der Waals surface area contributed by atoms with Gasteiger partial charge in [0.15, 0.2) is 5.82 Å². The molecule has 1 N–H and O–H groups in total. The fraction of sp³-hybridized carbons (Fsp3) is 0.176. The van der Waals surface area contributed by atoms with Crippen molar-refractivity contribution in [3.63, 3.8) is 0 Å². The second kappa shape index (κ2) is 6.60. The van der Waals surface area contributed by atoms with Crippen LogP contribution in [0.15, 0.2) is 41.3 Å². The Bertz CT molecular complexity index is 986. The molecule has 3 rings (SSSR count). The second-order valence-corrected chi connectivity index (χ2v) is 6.04. The summed E-state index contributed by atoms with van der Waals surface area (Å²) in [7, 11) is 0. The van der Waals surface area contributed by atoms with Crippen molar-refractivity contribution in [3.05, 3.63) is 80.1 Å². The maximum Gasteiger partial charge on any atom is 0.417 e. The maximum absolute atomic E-state index is 14.0. The zero-order valence-corrected chi connectivity index (χ0v) is 14.1. The van der Waals surface area contributed by atoms with Crippen LogP contribution in [0.25, 0.3) is 5.82 Å². The zero-order chi connectivity index (χ0) is 19.1. The van der Waals surface area contributed by atoms with Crippen LogP contribution >= 0.6 is 11.6 Å². The van der Waals surface area contributed by atoms with Crippen molar-refractivity contribution in [2.75, 3.05) is 0 Å². The van der Waals surface area contributed by atoms with Gasteiger partial charge in [-0.2, -0.15) is 13.2 Å². The number of hydrogen-bond donors (Lipinski definition) is 1. The molecule has 0 amide bonds. The van der Waals surface area contributed by atoms with E-state index >= 15 is 0 Å². The van der Waals surface area contributed by atoms with E-state index in [1.54, 1.807) is 6.92 Å². The van der Waals surface area contributed by atoms with Crippen LogP contribution < -0.4 is 5.56 Å². The average Bonchev–Trinajstić information content (AvgIpc) is 2.85. The highest BCUT2D eigenvalue weighted by Crippen LogP contribution is 2.28. The van der Waals surface area contributed by atoms with Crippen LogP contribution in [0.4, 0.5) is 17.6 Å². The van der Waals surface area contributed by atoms with Crippen LogP contribution in [0, 0.1) is 12.7 Å². The quantitative estimate of drug-likeness (QED) is 0.684. The molecule has 0 aliphatic heterocycles. The number of aromatic amines is 1. The van der Waals surface area contributed by atoms with Crippen LogP contribution in [0.3, 0.4) is 0 Å². The summed E-state index contributed by atoms with van der Waals surface area (Å²) in [6.45, 7) is 1.60. The molecule has 0 unspecified atom stereocenters. The minimum Gasteiger partial charge on any atom is -0.294 e. The molecule has 0 bridgehead atoms. The van der Waals surface area contributed by atoms with E-state index < -0.39 is 23.1 Å². The Balaban J connectivity index is 2.00. The van der Waals surface area contributed by atoms with Crippen LogP contribution in [0.5, 0.6) is 0 Å². The van der Waals surface area contributed by atoms with Crippen molar-refractivity contribution < 1.29 is 17.6 Å². The Hall–Kier alpha value is -2.61. The normalized spacial score (nSPS) is 11.8. The number of nitrogens with zero attached hydrogens (tertiary/aromatic N) is 2. The fourth-order valence-electron chi connectivity index (χ4n) is 2.51. The van der Waals surface area contributed by atoms with Crippen molar-refractivity contribution in [1.82, 2.24) is 14.8 Å². The highest BCUT2D eigenvalue weighted by molar-refractivity contribution is 6.31. The van der Waals surface area contributed by atoms with Gasteiger partial charge in [-0.3, -0.25) is 9.89 Å². The number of H-pyrrole nitrogens is 1. The molecule has 0 fully saturated rings. The molecule has 0 spiro atoms. The van der Waals surface area contributed by atoms with Crippen molar-refractivity contribution in [3.8, 4) is 5.82 Å². The van der Waals surface area contributed by atoms with Gasteiger partial charge in [0, 0.05) is 34.5 Å². The molecule has 0 radical (unpaired) electrons. The lowest BCUT2D eigenvalue weighted by Gasteiger charge is -2.06. The lowest BCUT2D eigenvalue weighted by atomic mass is 10.1.